The molecule has 8 heteroatoms. The number of likely N-dealkylation sites (tertiary alicyclic amines) is 1. The van der Waals surface area contributed by atoms with Crippen molar-refractivity contribution in [2.75, 3.05) is 26.8 Å². The van der Waals surface area contributed by atoms with Crippen LogP contribution < -0.4 is 9.47 Å². The maximum absolute atomic E-state index is 13.9. The lowest BCUT2D eigenvalue weighted by Gasteiger charge is -2.40. The molecule has 186 valence electrons. The van der Waals surface area contributed by atoms with Gasteiger partial charge in [-0.25, -0.2) is 0 Å². The van der Waals surface area contributed by atoms with Crippen molar-refractivity contribution in [3.63, 3.8) is 0 Å². The van der Waals surface area contributed by atoms with Crippen LogP contribution in [-0.2, 0) is 13.0 Å². The number of ether oxygens (including phenoxy) is 2. The van der Waals surface area contributed by atoms with Gasteiger partial charge in [0.1, 0.15) is 16.7 Å². The van der Waals surface area contributed by atoms with E-state index in [-0.39, 0.29) is 11.7 Å². The second-order valence-electron chi connectivity index (χ2n) is 9.65. The Bertz CT molecular complexity index is 1440. The van der Waals surface area contributed by atoms with Gasteiger partial charge in [0.05, 0.1) is 25.8 Å². The Kier molecular flexibility index (Phi) is 5.97. The lowest BCUT2D eigenvalue weighted by atomic mass is 9.89. The van der Waals surface area contributed by atoms with Crippen LogP contribution in [0.15, 0.2) is 48.8 Å². The van der Waals surface area contributed by atoms with Crippen LogP contribution in [0.2, 0.25) is 5.15 Å². The van der Waals surface area contributed by atoms with Crippen molar-refractivity contribution in [3.05, 3.63) is 65.1 Å². The van der Waals surface area contributed by atoms with Gasteiger partial charge in [-0.1, -0.05) is 30.7 Å². The number of aromatic amines is 1. The van der Waals surface area contributed by atoms with Crippen molar-refractivity contribution >= 4 is 28.3 Å². The first-order valence-electron chi connectivity index (χ1n) is 12.5. The molecule has 2 aromatic carbocycles. The highest BCUT2D eigenvalue weighted by Gasteiger charge is 2.31. The Morgan fingerprint density at radius 1 is 1.28 bits per heavy atom. The van der Waals surface area contributed by atoms with Gasteiger partial charge in [-0.05, 0) is 54.8 Å². The Hall–Kier alpha value is -3.29. The third-order valence-corrected chi connectivity index (χ3v) is 7.96. The van der Waals surface area contributed by atoms with Crippen molar-refractivity contribution in [1.82, 2.24) is 19.7 Å². The van der Waals surface area contributed by atoms with E-state index < -0.39 is 0 Å². The first-order chi connectivity index (χ1) is 17.6. The number of rotatable bonds is 7. The highest BCUT2D eigenvalue weighted by atomic mass is 35.5. The average Bonchev–Trinajstić information content (AvgIpc) is 3.48. The lowest BCUT2D eigenvalue weighted by Crippen LogP contribution is -2.49. The zero-order valence-electron chi connectivity index (χ0n) is 20.5. The molecule has 0 aliphatic carbocycles. The van der Waals surface area contributed by atoms with Crippen molar-refractivity contribution in [1.29, 1.82) is 0 Å². The van der Waals surface area contributed by atoms with Gasteiger partial charge < -0.3 is 14.0 Å². The largest absolute Gasteiger partial charge is 0.497 e. The van der Waals surface area contributed by atoms with Crippen LogP contribution in [-0.4, -0.2) is 58.3 Å². The summed E-state index contributed by atoms with van der Waals surface area (Å²) in [7, 11) is 1.65. The van der Waals surface area contributed by atoms with Gasteiger partial charge >= 0.3 is 0 Å². The zero-order chi connectivity index (χ0) is 24.8. The van der Waals surface area contributed by atoms with Crippen molar-refractivity contribution in [2.24, 2.45) is 5.92 Å². The zero-order valence-corrected chi connectivity index (χ0v) is 21.2. The molecule has 4 heterocycles. The number of carbonyl (C=O) groups is 1. The summed E-state index contributed by atoms with van der Waals surface area (Å²) in [5, 5.41) is 8.34. The topological polar surface area (TPSA) is 72.4 Å². The van der Waals surface area contributed by atoms with E-state index in [1.807, 2.05) is 36.5 Å². The van der Waals surface area contributed by atoms with Gasteiger partial charge in [-0.3, -0.25) is 14.8 Å². The number of hydrogen-bond acceptors (Lipinski definition) is 5. The van der Waals surface area contributed by atoms with Crippen molar-refractivity contribution < 1.29 is 14.3 Å². The molecular formula is C28H29ClN4O3. The quantitative estimate of drug-likeness (QED) is 0.349. The predicted octanol–water partition coefficient (Wildman–Crippen LogP) is 5.22. The second kappa shape index (κ2) is 9.30. The predicted molar refractivity (Wildman–Crippen MR) is 140 cm³/mol. The number of ketones is 1. The highest BCUT2D eigenvalue weighted by Crippen LogP contribution is 2.36. The van der Waals surface area contributed by atoms with E-state index in [0.29, 0.717) is 24.2 Å². The minimum Gasteiger partial charge on any atom is -0.497 e. The average molecular weight is 505 g/mol. The molecule has 7 nitrogen and oxygen atoms in total. The molecule has 6 rings (SSSR count). The van der Waals surface area contributed by atoms with Crippen molar-refractivity contribution in [3.8, 4) is 22.6 Å². The fraction of sp³-hybridized carbons (Fsp3) is 0.357. The van der Waals surface area contributed by atoms with E-state index in [1.54, 1.807) is 13.3 Å². The molecule has 0 saturated carbocycles. The molecule has 4 aromatic rings. The molecule has 0 bridgehead atoms. The number of methoxy groups -OCH3 is 1. The van der Waals surface area contributed by atoms with Crippen LogP contribution in [0.5, 0.6) is 11.5 Å². The van der Waals surface area contributed by atoms with Gasteiger partial charge in [0, 0.05) is 47.4 Å². The number of likely N-dealkylation sites (N-methyl/N-ethyl adjacent to an activating group) is 1. The van der Waals surface area contributed by atoms with E-state index in [1.165, 1.54) is 6.42 Å². The summed E-state index contributed by atoms with van der Waals surface area (Å²) >= 11 is 6.33. The molecule has 0 radical (unpaired) electrons. The third-order valence-electron chi connectivity index (χ3n) is 7.68. The monoisotopic (exact) mass is 504 g/mol. The molecule has 1 fully saturated rings. The van der Waals surface area contributed by atoms with Crippen LogP contribution >= 0.6 is 11.6 Å². The minimum atomic E-state index is -0.248. The van der Waals surface area contributed by atoms with Gasteiger partial charge in [-0.2, -0.15) is 5.10 Å². The molecule has 2 aliphatic rings. The van der Waals surface area contributed by atoms with E-state index in [9.17, 15) is 4.79 Å². The molecule has 0 spiro atoms. The Morgan fingerprint density at radius 3 is 2.89 bits per heavy atom. The van der Waals surface area contributed by atoms with Crippen LogP contribution in [0, 0.1) is 5.92 Å². The summed E-state index contributed by atoms with van der Waals surface area (Å²) in [6.07, 6.45) is 5.58. The number of nitrogens with zero attached hydrogens (tertiary/aromatic N) is 3. The third kappa shape index (κ3) is 3.96. The number of benzene rings is 2. The number of Topliss-reactive ketones (excluding diaryl/α,β-unsaturated/α-hetero) is 1. The Morgan fingerprint density at radius 2 is 2.17 bits per heavy atom. The summed E-state index contributed by atoms with van der Waals surface area (Å²) in [5.41, 5.74) is 4.62. The van der Waals surface area contributed by atoms with Gasteiger partial charge in [0.25, 0.3) is 0 Å². The maximum atomic E-state index is 13.9. The number of H-pyrrole nitrogens is 1. The van der Waals surface area contributed by atoms with E-state index in [2.05, 4.69) is 32.7 Å². The number of nitrogens with one attached hydrogen (secondary N) is 1. The number of fused-ring (bicyclic) bond motifs is 2. The Labute approximate surface area is 214 Å². The molecular weight excluding hydrogens is 476 g/mol. The molecule has 2 aromatic heterocycles. The first-order valence-corrected chi connectivity index (χ1v) is 12.8. The lowest BCUT2D eigenvalue weighted by molar-refractivity contribution is 0.0836. The van der Waals surface area contributed by atoms with Gasteiger partial charge in [0.15, 0.2) is 5.78 Å². The molecule has 1 saturated heterocycles. The van der Waals surface area contributed by atoms with Gasteiger partial charge in [-0.15, -0.1) is 0 Å². The number of aromatic nitrogens is 3. The standard InChI is InChI=1S/C28H29ClN4O3/c1-3-32-9-8-20(32)14-33-15-24(22-6-4-17(12-25(22)33)23-13-30-31-28(23)29)27(34)19-10-18-11-21(35-2)5-7-26(18)36-16-19/h4-7,11-13,15,19-20H,3,8-10,14,16H2,1-2H3,(H,30,31)/t19?,20-/m1/s1. The summed E-state index contributed by atoms with van der Waals surface area (Å²) in [6.45, 7) is 5.59. The summed E-state index contributed by atoms with van der Waals surface area (Å²) in [6, 6.07) is 12.4. The molecule has 2 atom stereocenters. The number of hydrogen-bond donors (Lipinski definition) is 1. The minimum absolute atomic E-state index is 0.113. The van der Waals surface area contributed by atoms with E-state index >= 15 is 0 Å². The second-order valence-corrected chi connectivity index (χ2v) is 10.0. The number of halogens is 1. The van der Waals surface area contributed by atoms with Gasteiger partial charge in [0.2, 0.25) is 0 Å². The molecule has 0 amide bonds. The van der Waals surface area contributed by atoms with E-state index in [4.69, 9.17) is 21.1 Å². The molecule has 2 aliphatic heterocycles. The fourth-order valence-corrected chi connectivity index (χ4v) is 5.72. The first kappa shape index (κ1) is 23.1. The SMILES string of the molecule is CCN1CC[C@@H]1Cn1cc(C(=O)C2COc3ccc(OC)cc3C2)c2ccc(-c3cn[nH]c3Cl)cc21. The van der Waals surface area contributed by atoms with Crippen LogP contribution in [0.1, 0.15) is 29.3 Å². The summed E-state index contributed by atoms with van der Waals surface area (Å²) in [4.78, 5) is 16.4. The molecule has 1 unspecified atom stereocenters. The molecule has 1 N–H and O–H groups in total. The smallest absolute Gasteiger partial charge is 0.171 e. The fourth-order valence-electron chi connectivity index (χ4n) is 5.51. The summed E-state index contributed by atoms with van der Waals surface area (Å²) in [5.74, 6) is 1.46. The highest BCUT2D eigenvalue weighted by molar-refractivity contribution is 6.32. The number of carbonyl (C=O) groups excluding carboxylic acids is 1. The van der Waals surface area contributed by atoms with Crippen LogP contribution in [0.25, 0.3) is 22.0 Å². The maximum Gasteiger partial charge on any atom is 0.171 e. The van der Waals surface area contributed by atoms with E-state index in [0.717, 1.165) is 64.3 Å². The molecule has 36 heavy (non-hydrogen) atoms. The van der Waals surface area contributed by atoms with Crippen molar-refractivity contribution in [2.45, 2.75) is 32.4 Å². The Balaban J connectivity index is 1.37. The normalized spacial score (nSPS) is 19.5. The van der Waals surface area contributed by atoms with Crippen LogP contribution in [0.4, 0.5) is 0 Å². The summed E-state index contributed by atoms with van der Waals surface area (Å²) < 4.78 is 13.6. The van der Waals surface area contributed by atoms with Crippen LogP contribution in [0.3, 0.4) is 0 Å².